The van der Waals surface area contributed by atoms with Crippen molar-refractivity contribution in [3.63, 3.8) is 0 Å². The number of hydrogen-bond donors (Lipinski definition) is 0. The average Bonchev–Trinajstić information content (AvgIpc) is 4.07. The molecule has 0 aliphatic carbocycles. The Bertz CT molecular complexity index is 4270. The summed E-state index contributed by atoms with van der Waals surface area (Å²) >= 11 is 0. The second kappa shape index (κ2) is 14.1. The largest absolute Gasteiger partial charge is 0.456 e. The molecule has 0 fully saturated rings. The molecule has 0 saturated heterocycles. The zero-order valence-electron chi connectivity index (χ0n) is 39.8. The summed E-state index contributed by atoms with van der Waals surface area (Å²) in [7, 11) is 0. The number of rotatable bonds is 6. The molecule has 0 amide bonds. The minimum atomic E-state index is -0.285. The summed E-state index contributed by atoms with van der Waals surface area (Å²) in [6, 6.07) is 63.3. The van der Waals surface area contributed by atoms with Gasteiger partial charge in [-0.2, -0.15) is 0 Å². The highest BCUT2D eigenvalue weighted by Gasteiger charge is 2.18. The van der Waals surface area contributed by atoms with Crippen LogP contribution in [-0.2, 0) is 0 Å². The minimum absolute atomic E-state index is 0.0154. The molecule has 63 heavy (non-hydrogen) atoms. The van der Waals surface area contributed by atoms with Crippen LogP contribution in [0.3, 0.4) is 0 Å². The van der Waals surface area contributed by atoms with Crippen molar-refractivity contribution < 1.29 is 12.6 Å². The van der Waals surface area contributed by atoms with Crippen LogP contribution in [0.25, 0.3) is 121 Å². The monoisotopic (exact) mass is 808 g/mol. The van der Waals surface area contributed by atoms with Crippen LogP contribution in [0, 0.1) is 0 Å². The Morgan fingerprint density at radius 1 is 0.286 bits per heavy atom. The Morgan fingerprint density at radius 3 is 1.54 bits per heavy atom. The smallest absolute Gasteiger partial charge is 0.135 e. The zero-order chi connectivity index (χ0) is 46.7. The summed E-state index contributed by atoms with van der Waals surface area (Å²) in [6.07, 6.45) is 0. The van der Waals surface area contributed by atoms with Gasteiger partial charge in [0.25, 0.3) is 0 Å². The van der Waals surface area contributed by atoms with Crippen LogP contribution >= 0.6 is 0 Å². The molecule has 0 radical (unpaired) electrons. The van der Waals surface area contributed by atoms with E-state index < -0.39 is 0 Å². The second-order valence-corrected chi connectivity index (χ2v) is 16.0. The second-order valence-electron chi connectivity index (χ2n) is 16.0. The highest BCUT2D eigenvalue weighted by molar-refractivity contribution is 6.14. The van der Waals surface area contributed by atoms with Crippen molar-refractivity contribution in [2.45, 2.75) is 0 Å². The Balaban J connectivity index is 1.07. The van der Waals surface area contributed by atoms with Gasteiger partial charge in [-0.05, 0) is 123 Å². The summed E-state index contributed by atoms with van der Waals surface area (Å²) in [5, 5.41) is 4.13. The van der Waals surface area contributed by atoms with Crippen molar-refractivity contribution in [3.8, 4) is 55.9 Å². The molecular weight excluding hydrogens is 765 g/mol. The molecule has 0 N–H and O–H groups in total. The summed E-state index contributed by atoms with van der Waals surface area (Å²) in [5.41, 5.74) is 11.3. The van der Waals surface area contributed by atoms with Gasteiger partial charge < -0.3 is 13.6 Å². The number of aromatic nitrogens is 2. The average molecular weight is 809 g/mol. The zero-order valence-corrected chi connectivity index (χ0v) is 33.8. The Hall–Kier alpha value is -8.40. The fourth-order valence-electron chi connectivity index (χ4n) is 9.36. The first-order valence-corrected chi connectivity index (χ1v) is 21.1. The highest BCUT2D eigenvalue weighted by Crippen LogP contribution is 2.41. The first kappa shape index (κ1) is 29.8. The molecule has 0 unspecified atom stereocenters. The quantitative estimate of drug-likeness (QED) is 0.164. The van der Waals surface area contributed by atoms with Gasteiger partial charge in [0.05, 0.1) is 30.3 Å². The molecule has 0 saturated carbocycles. The van der Waals surface area contributed by atoms with Gasteiger partial charge in [-0.25, -0.2) is 0 Å². The van der Waals surface area contributed by atoms with Crippen molar-refractivity contribution >= 4 is 65.6 Å². The van der Waals surface area contributed by atoms with Crippen LogP contribution in [0.5, 0.6) is 0 Å². The van der Waals surface area contributed by atoms with Gasteiger partial charge >= 0.3 is 0 Å². The predicted octanol–water partition coefficient (Wildman–Crippen LogP) is 16.4. The van der Waals surface area contributed by atoms with E-state index in [0.717, 1.165) is 77.7 Å². The molecule has 0 aliphatic rings. The fraction of sp³-hybridized carbons (Fsp3) is 0. The molecule has 0 atom stereocenters. The Morgan fingerprint density at radius 2 is 0.810 bits per heavy atom. The molecular formula is C60H38N2O. The van der Waals surface area contributed by atoms with Crippen molar-refractivity contribution in [1.82, 2.24) is 9.13 Å². The maximum Gasteiger partial charge on any atom is 0.135 e. The van der Waals surface area contributed by atoms with Crippen LogP contribution in [-0.4, -0.2) is 9.13 Å². The lowest BCUT2D eigenvalue weighted by Crippen LogP contribution is -1.95. The van der Waals surface area contributed by atoms with Crippen LogP contribution in [0.2, 0.25) is 0 Å². The molecule has 0 spiro atoms. The van der Waals surface area contributed by atoms with Gasteiger partial charge in [-0.15, -0.1) is 0 Å². The molecule has 10 aromatic carbocycles. The number of benzene rings is 10. The normalized spacial score (nSPS) is 13.1. The van der Waals surface area contributed by atoms with Gasteiger partial charge in [-0.1, -0.05) is 152 Å². The number of furan rings is 1. The number of para-hydroxylation sites is 2. The van der Waals surface area contributed by atoms with Gasteiger partial charge in [0.2, 0.25) is 0 Å². The van der Waals surface area contributed by atoms with E-state index in [-0.39, 0.29) is 47.4 Å². The lowest BCUT2D eigenvalue weighted by Gasteiger charge is -2.12. The van der Waals surface area contributed by atoms with Crippen molar-refractivity contribution in [2.75, 3.05) is 0 Å². The first-order chi connectivity index (χ1) is 33.7. The van der Waals surface area contributed by atoms with Gasteiger partial charge in [0, 0.05) is 43.7 Å². The molecule has 3 aromatic heterocycles. The van der Waals surface area contributed by atoms with E-state index in [2.05, 4.69) is 60.7 Å². The molecule has 3 nitrogen and oxygen atoms in total. The van der Waals surface area contributed by atoms with Crippen molar-refractivity contribution in [1.29, 1.82) is 0 Å². The molecule has 3 heteroatoms. The maximum atomic E-state index is 10.1. The fourth-order valence-corrected chi connectivity index (χ4v) is 9.36. The molecule has 0 bridgehead atoms. The van der Waals surface area contributed by atoms with Crippen LogP contribution < -0.4 is 0 Å². The van der Waals surface area contributed by atoms with Crippen molar-refractivity contribution in [2.24, 2.45) is 0 Å². The third kappa shape index (κ3) is 5.75. The van der Waals surface area contributed by atoms with Crippen LogP contribution in [0.4, 0.5) is 0 Å². The first-order valence-electron chi connectivity index (χ1n) is 24.1. The van der Waals surface area contributed by atoms with E-state index in [0.29, 0.717) is 32.6 Å². The summed E-state index contributed by atoms with van der Waals surface area (Å²) in [4.78, 5) is 0. The third-order valence-corrected chi connectivity index (χ3v) is 12.3. The van der Waals surface area contributed by atoms with Gasteiger partial charge in [-0.3, -0.25) is 0 Å². The minimum Gasteiger partial charge on any atom is -0.456 e. The number of hydrogen-bond acceptors (Lipinski definition) is 1. The van der Waals surface area contributed by atoms with E-state index in [1.165, 1.54) is 0 Å². The molecule has 13 aromatic rings. The molecule has 294 valence electrons. The standard InChI is InChI=1S/C60H38N2O/c1-3-13-39(14-4-1)41-17-11-18-42(33-41)46-25-29-50-53-36-45(27-31-57(53)62(58(50)37-46)47-20-12-19-43(34-47)40-15-5-2-6-16-40)44-26-30-56-52(35-44)49-21-7-9-23-55(49)61(56)48-28-32-60-54(38-48)51-22-8-10-24-59(51)63-60/h1-38H/i26D,27D,30D,31D,35D,36D. The topological polar surface area (TPSA) is 23.0 Å². The lowest BCUT2D eigenvalue weighted by molar-refractivity contribution is 0.669. The van der Waals surface area contributed by atoms with E-state index in [9.17, 15) is 8.22 Å². The van der Waals surface area contributed by atoms with Crippen LogP contribution in [0.1, 0.15) is 8.22 Å². The maximum absolute atomic E-state index is 10.1. The molecule has 3 heterocycles. The lowest BCUT2D eigenvalue weighted by atomic mass is 9.97. The molecule has 13 rings (SSSR count). The number of fused-ring (bicyclic) bond motifs is 9. The SMILES string of the molecule is [2H]c1c(-c2c([2H])c([2H])c3c(c2[2H])c2ccc(-c4cccc(-c5ccccc5)c4)cc2n3-c2cccc(-c3ccccc3)c2)c([2H])c2c3ccccc3n(-c3ccc4oc5ccccc5c4c3)c2c1[2H]. The van der Waals surface area contributed by atoms with E-state index in [4.69, 9.17) is 4.42 Å². The predicted molar refractivity (Wildman–Crippen MR) is 264 cm³/mol. The summed E-state index contributed by atoms with van der Waals surface area (Å²) < 4.78 is 69.4. The van der Waals surface area contributed by atoms with E-state index in [1.54, 1.807) is 0 Å². The summed E-state index contributed by atoms with van der Waals surface area (Å²) in [5.74, 6) is 0. The van der Waals surface area contributed by atoms with E-state index >= 15 is 0 Å². The Labute approximate surface area is 372 Å². The van der Waals surface area contributed by atoms with Crippen molar-refractivity contribution in [3.05, 3.63) is 230 Å². The number of nitrogens with zero attached hydrogens (tertiary/aromatic N) is 2. The molecule has 0 aliphatic heterocycles. The third-order valence-electron chi connectivity index (χ3n) is 12.3. The van der Waals surface area contributed by atoms with Gasteiger partial charge in [0.15, 0.2) is 0 Å². The highest BCUT2D eigenvalue weighted by atomic mass is 16.3. The van der Waals surface area contributed by atoms with E-state index in [1.807, 2.05) is 143 Å². The summed E-state index contributed by atoms with van der Waals surface area (Å²) in [6.45, 7) is 0. The van der Waals surface area contributed by atoms with Gasteiger partial charge in [0.1, 0.15) is 11.2 Å². The Kier molecular flexibility index (Phi) is 6.66. The van der Waals surface area contributed by atoms with Crippen LogP contribution in [0.15, 0.2) is 235 Å².